The largest absolute Gasteiger partial charge is 0.467 e. The molecule has 0 aliphatic rings. The maximum Gasteiger partial charge on any atom is 0.329 e. The van der Waals surface area contributed by atoms with Gasteiger partial charge in [0.1, 0.15) is 6.04 Å². The molecule has 0 aromatic heterocycles. The average Bonchev–Trinajstić information content (AvgIpc) is 2.01. The van der Waals surface area contributed by atoms with Crippen molar-refractivity contribution in [2.24, 2.45) is 0 Å². The van der Waals surface area contributed by atoms with Gasteiger partial charge in [0.2, 0.25) is 5.91 Å². The zero-order chi connectivity index (χ0) is 9.56. The Bertz CT molecular complexity index is 219. The molecule has 0 radical (unpaired) electrons. The number of methoxy groups -OCH3 is 1. The zero-order valence-electron chi connectivity index (χ0n) is 6.96. The van der Waals surface area contributed by atoms with Crippen LogP contribution in [-0.2, 0) is 14.3 Å². The molecule has 0 unspecified atom stereocenters. The van der Waals surface area contributed by atoms with Crippen LogP contribution in [0.5, 0.6) is 0 Å². The van der Waals surface area contributed by atoms with Gasteiger partial charge in [0.05, 0.1) is 19.6 Å². The van der Waals surface area contributed by atoms with Gasteiger partial charge in [0, 0.05) is 6.92 Å². The number of amides is 1. The van der Waals surface area contributed by atoms with Gasteiger partial charge in [-0.3, -0.25) is 4.79 Å². The van der Waals surface area contributed by atoms with Gasteiger partial charge < -0.3 is 10.1 Å². The summed E-state index contributed by atoms with van der Waals surface area (Å²) >= 11 is 0. The van der Waals surface area contributed by atoms with Gasteiger partial charge in [-0.05, 0) is 0 Å². The summed E-state index contributed by atoms with van der Waals surface area (Å²) in [5, 5.41) is 10.6. The van der Waals surface area contributed by atoms with Gasteiger partial charge in [0.15, 0.2) is 0 Å². The van der Waals surface area contributed by atoms with E-state index in [2.05, 4.69) is 10.1 Å². The number of hydrogen-bond acceptors (Lipinski definition) is 4. The lowest BCUT2D eigenvalue weighted by atomic mass is 10.2. The van der Waals surface area contributed by atoms with Crippen molar-refractivity contribution in [2.45, 2.75) is 19.4 Å². The summed E-state index contributed by atoms with van der Waals surface area (Å²) < 4.78 is 4.36. The van der Waals surface area contributed by atoms with Crippen molar-refractivity contribution in [3.05, 3.63) is 0 Å². The first kappa shape index (κ1) is 10.4. The molecule has 5 nitrogen and oxygen atoms in total. The SMILES string of the molecule is COC(=O)[C@@H](CC#N)NC(C)=O. The van der Waals surface area contributed by atoms with Crippen LogP contribution >= 0.6 is 0 Å². The zero-order valence-corrected chi connectivity index (χ0v) is 6.96. The van der Waals surface area contributed by atoms with Gasteiger partial charge in [-0.1, -0.05) is 0 Å². The number of nitrogens with zero attached hydrogens (tertiary/aromatic N) is 1. The fourth-order valence-corrected chi connectivity index (χ4v) is 0.672. The predicted molar refractivity (Wildman–Crippen MR) is 39.9 cm³/mol. The van der Waals surface area contributed by atoms with E-state index in [0.29, 0.717) is 0 Å². The fraction of sp³-hybridized carbons (Fsp3) is 0.571. The van der Waals surface area contributed by atoms with Crippen molar-refractivity contribution in [3.8, 4) is 6.07 Å². The molecule has 0 fully saturated rings. The van der Waals surface area contributed by atoms with E-state index in [1.54, 1.807) is 6.07 Å². The Morgan fingerprint density at radius 1 is 1.67 bits per heavy atom. The summed E-state index contributed by atoms with van der Waals surface area (Å²) in [6.07, 6.45) is -0.0771. The Labute approximate surface area is 70.3 Å². The summed E-state index contributed by atoms with van der Waals surface area (Å²) in [5.74, 6) is -0.965. The summed E-state index contributed by atoms with van der Waals surface area (Å²) in [6.45, 7) is 1.27. The molecule has 0 spiro atoms. The number of nitrogens with one attached hydrogen (secondary N) is 1. The third-order valence-corrected chi connectivity index (χ3v) is 1.16. The number of rotatable bonds is 3. The Morgan fingerprint density at radius 3 is 2.58 bits per heavy atom. The third kappa shape index (κ3) is 3.56. The Kier molecular flexibility index (Phi) is 4.46. The highest BCUT2D eigenvalue weighted by Crippen LogP contribution is 1.93. The van der Waals surface area contributed by atoms with Crippen molar-refractivity contribution < 1.29 is 14.3 Å². The van der Waals surface area contributed by atoms with E-state index in [-0.39, 0.29) is 12.3 Å². The van der Waals surface area contributed by atoms with Crippen LogP contribution in [-0.4, -0.2) is 25.0 Å². The van der Waals surface area contributed by atoms with Crippen molar-refractivity contribution in [1.29, 1.82) is 5.26 Å². The van der Waals surface area contributed by atoms with E-state index >= 15 is 0 Å². The lowest BCUT2D eigenvalue weighted by molar-refractivity contribution is -0.144. The second-order valence-electron chi connectivity index (χ2n) is 2.14. The fourth-order valence-electron chi connectivity index (χ4n) is 0.672. The van der Waals surface area contributed by atoms with Crippen molar-refractivity contribution in [3.63, 3.8) is 0 Å². The van der Waals surface area contributed by atoms with E-state index in [1.807, 2.05) is 0 Å². The van der Waals surface area contributed by atoms with Crippen LogP contribution in [0.25, 0.3) is 0 Å². The lowest BCUT2D eigenvalue weighted by Gasteiger charge is -2.10. The first-order valence-corrected chi connectivity index (χ1v) is 3.33. The molecule has 1 amide bonds. The van der Waals surface area contributed by atoms with E-state index in [4.69, 9.17) is 5.26 Å². The van der Waals surface area contributed by atoms with Crippen LogP contribution in [0.3, 0.4) is 0 Å². The molecule has 66 valence electrons. The minimum atomic E-state index is -0.850. The maximum absolute atomic E-state index is 10.8. The summed E-state index contributed by atoms with van der Waals surface area (Å²) in [4.78, 5) is 21.4. The van der Waals surface area contributed by atoms with Crippen LogP contribution in [0.15, 0.2) is 0 Å². The molecule has 12 heavy (non-hydrogen) atoms. The molecule has 0 bridgehead atoms. The monoisotopic (exact) mass is 170 g/mol. The van der Waals surface area contributed by atoms with Crippen LogP contribution in [0.2, 0.25) is 0 Å². The van der Waals surface area contributed by atoms with Crippen molar-refractivity contribution in [2.75, 3.05) is 7.11 Å². The Hall–Kier alpha value is -1.57. The molecular weight excluding hydrogens is 160 g/mol. The molecule has 0 aliphatic heterocycles. The van der Waals surface area contributed by atoms with E-state index in [0.717, 1.165) is 0 Å². The number of nitriles is 1. The van der Waals surface area contributed by atoms with Gasteiger partial charge in [-0.15, -0.1) is 0 Å². The highest BCUT2D eigenvalue weighted by atomic mass is 16.5. The standard InChI is InChI=1S/C7H10N2O3/c1-5(10)9-6(3-4-8)7(11)12-2/h6H,3H2,1-2H3,(H,9,10)/t6-/m1/s1. The van der Waals surface area contributed by atoms with E-state index in [9.17, 15) is 9.59 Å². The lowest BCUT2D eigenvalue weighted by Crippen LogP contribution is -2.40. The second kappa shape index (κ2) is 5.13. The Morgan fingerprint density at radius 2 is 2.25 bits per heavy atom. The minimum absolute atomic E-state index is 0.0771. The summed E-state index contributed by atoms with van der Waals surface area (Å²) in [5.41, 5.74) is 0. The Balaban J connectivity index is 4.14. The van der Waals surface area contributed by atoms with Gasteiger partial charge in [-0.2, -0.15) is 5.26 Å². The predicted octanol–water partition coefficient (Wildman–Crippen LogP) is -0.422. The number of carbonyl (C=O) groups excluding carboxylic acids is 2. The molecule has 0 aliphatic carbocycles. The highest BCUT2D eigenvalue weighted by Gasteiger charge is 2.18. The highest BCUT2D eigenvalue weighted by molar-refractivity contribution is 5.83. The van der Waals surface area contributed by atoms with Crippen molar-refractivity contribution >= 4 is 11.9 Å². The molecule has 1 atom stereocenters. The first-order chi connectivity index (χ1) is 5.61. The molecular formula is C7H10N2O3. The number of esters is 1. The molecule has 0 saturated carbocycles. The molecule has 1 N–H and O–H groups in total. The number of hydrogen-bond donors (Lipinski definition) is 1. The number of ether oxygens (including phenoxy) is 1. The molecule has 0 heterocycles. The van der Waals surface area contributed by atoms with Crippen LogP contribution in [0.1, 0.15) is 13.3 Å². The van der Waals surface area contributed by atoms with Crippen LogP contribution in [0, 0.1) is 11.3 Å². The van der Waals surface area contributed by atoms with Crippen molar-refractivity contribution in [1.82, 2.24) is 5.32 Å². The van der Waals surface area contributed by atoms with E-state index < -0.39 is 12.0 Å². The first-order valence-electron chi connectivity index (χ1n) is 3.33. The molecule has 0 aromatic carbocycles. The minimum Gasteiger partial charge on any atom is -0.467 e. The number of carbonyl (C=O) groups is 2. The normalized spacial score (nSPS) is 11.1. The second-order valence-corrected chi connectivity index (χ2v) is 2.14. The topological polar surface area (TPSA) is 79.2 Å². The van der Waals surface area contributed by atoms with Gasteiger partial charge in [-0.25, -0.2) is 4.79 Å². The molecule has 0 aromatic rings. The van der Waals surface area contributed by atoms with Gasteiger partial charge >= 0.3 is 5.97 Å². The summed E-state index contributed by atoms with van der Waals surface area (Å²) in [7, 11) is 1.20. The quantitative estimate of drug-likeness (QED) is 0.583. The summed E-state index contributed by atoms with van der Waals surface area (Å²) in [6, 6.07) is 0.923. The smallest absolute Gasteiger partial charge is 0.329 e. The maximum atomic E-state index is 10.8. The average molecular weight is 170 g/mol. The molecule has 0 saturated heterocycles. The van der Waals surface area contributed by atoms with Crippen LogP contribution in [0.4, 0.5) is 0 Å². The molecule has 0 rings (SSSR count). The van der Waals surface area contributed by atoms with E-state index in [1.165, 1.54) is 14.0 Å². The molecule has 5 heteroatoms. The third-order valence-electron chi connectivity index (χ3n) is 1.16. The van der Waals surface area contributed by atoms with Gasteiger partial charge in [0.25, 0.3) is 0 Å². The van der Waals surface area contributed by atoms with Crippen LogP contribution < -0.4 is 5.32 Å².